The molecule has 0 aliphatic heterocycles. The Bertz CT molecular complexity index is 534. The van der Waals surface area contributed by atoms with E-state index < -0.39 is 0 Å². The van der Waals surface area contributed by atoms with Crippen LogP contribution in [0.3, 0.4) is 0 Å². The highest BCUT2D eigenvalue weighted by atomic mass is 16.2. The number of amides is 2. The number of benzene rings is 1. The molecular formula is C18H27N3O2. The molecule has 23 heavy (non-hydrogen) atoms. The first kappa shape index (κ1) is 17.5. The number of nitrogens with zero attached hydrogens (tertiary/aromatic N) is 1. The predicted molar refractivity (Wildman–Crippen MR) is 92.6 cm³/mol. The van der Waals surface area contributed by atoms with Gasteiger partial charge < -0.3 is 10.6 Å². The van der Waals surface area contributed by atoms with E-state index in [2.05, 4.69) is 15.5 Å². The third-order valence-electron chi connectivity index (χ3n) is 4.19. The maximum absolute atomic E-state index is 12.1. The van der Waals surface area contributed by atoms with E-state index in [4.69, 9.17) is 0 Å². The highest BCUT2D eigenvalue weighted by molar-refractivity contribution is 5.96. The van der Waals surface area contributed by atoms with Gasteiger partial charge in [-0.1, -0.05) is 12.8 Å². The number of rotatable bonds is 6. The average molecular weight is 317 g/mol. The summed E-state index contributed by atoms with van der Waals surface area (Å²) in [5.74, 6) is -0.113. The normalized spacial score (nSPS) is 15.2. The highest BCUT2D eigenvalue weighted by Crippen LogP contribution is 2.22. The Balaban J connectivity index is 1.85. The fraction of sp³-hybridized carbons (Fsp3) is 0.556. The van der Waals surface area contributed by atoms with Crippen LogP contribution in [0.1, 0.15) is 49.9 Å². The molecule has 0 saturated heterocycles. The summed E-state index contributed by atoms with van der Waals surface area (Å²) in [4.78, 5) is 26.1. The molecule has 1 aromatic carbocycles. The number of carbonyl (C=O) groups excluding carboxylic acids is 2. The van der Waals surface area contributed by atoms with Crippen molar-refractivity contribution >= 4 is 17.5 Å². The first-order chi connectivity index (χ1) is 11.0. The van der Waals surface area contributed by atoms with E-state index in [0.29, 0.717) is 18.2 Å². The lowest BCUT2D eigenvalue weighted by Gasteiger charge is -2.23. The first-order valence-corrected chi connectivity index (χ1v) is 8.36. The van der Waals surface area contributed by atoms with Crippen LogP contribution in [0.15, 0.2) is 24.3 Å². The lowest BCUT2D eigenvalue weighted by Crippen LogP contribution is -2.36. The summed E-state index contributed by atoms with van der Waals surface area (Å²) < 4.78 is 0. The molecule has 0 aromatic heterocycles. The van der Waals surface area contributed by atoms with Crippen LogP contribution in [0.4, 0.5) is 5.69 Å². The molecule has 0 radical (unpaired) electrons. The van der Waals surface area contributed by atoms with Gasteiger partial charge in [0.2, 0.25) is 5.91 Å². The SMILES string of the molecule is CC(C)NC(=O)c1ccc(NC(=O)CN(C)C2CCCC2)cc1. The maximum atomic E-state index is 12.1. The molecule has 0 atom stereocenters. The minimum absolute atomic E-state index is 0.0150. The van der Waals surface area contributed by atoms with Crippen molar-refractivity contribution in [1.29, 1.82) is 0 Å². The molecule has 0 unspecified atom stereocenters. The summed E-state index contributed by atoms with van der Waals surface area (Å²) in [6, 6.07) is 7.63. The zero-order valence-corrected chi connectivity index (χ0v) is 14.3. The summed E-state index contributed by atoms with van der Waals surface area (Å²) in [7, 11) is 2.01. The van der Waals surface area contributed by atoms with Gasteiger partial charge in [-0.05, 0) is 58.0 Å². The van der Waals surface area contributed by atoms with Crippen LogP contribution in [0, 0.1) is 0 Å². The Hall–Kier alpha value is -1.88. The maximum Gasteiger partial charge on any atom is 0.251 e. The van der Waals surface area contributed by atoms with Gasteiger partial charge in [0.05, 0.1) is 6.54 Å². The Morgan fingerprint density at radius 3 is 2.35 bits per heavy atom. The second kappa shape index (κ2) is 8.11. The van der Waals surface area contributed by atoms with Crippen molar-refractivity contribution in [3.8, 4) is 0 Å². The fourth-order valence-electron chi connectivity index (χ4n) is 2.95. The van der Waals surface area contributed by atoms with E-state index in [1.165, 1.54) is 25.7 Å². The Kier molecular flexibility index (Phi) is 6.16. The minimum Gasteiger partial charge on any atom is -0.350 e. The minimum atomic E-state index is -0.0983. The van der Waals surface area contributed by atoms with Gasteiger partial charge in [0.25, 0.3) is 5.91 Å². The van der Waals surface area contributed by atoms with Gasteiger partial charge in [0.1, 0.15) is 0 Å². The van der Waals surface area contributed by atoms with Gasteiger partial charge in [-0.3, -0.25) is 14.5 Å². The molecule has 5 heteroatoms. The molecule has 5 nitrogen and oxygen atoms in total. The zero-order chi connectivity index (χ0) is 16.8. The molecule has 1 aromatic rings. The van der Waals surface area contributed by atoms with Crippen LogP contribution < -0.4 is 10.6 Å². The third kappa shape index (κ3) is 5.36. The topological polar surface area (TPSA) is 61.4 Å². The van der Waals surface area contributed by atoms with Crippen LogP contribution in [0.2, 0.25) is 0 Å². The largest absolute Gasteiger partial charge is 0.350 e. The van der Waals surface area contributed by atoms with Crippen LogP contribution in [-0.2, 0) is 4.79 Å². The Morgan fingerprint density at radius 2 is 1.78 bits per heavy atom. The molecule has 2 N–H and O–H groups in total. The fourth-order valence-corrected chi connectivity index (χ4v) is 2.95. The van der Waals surface area contributed by atoms with Crippen LogP contribution in [0.5, 0.6) is 0 Å². The number of hydrogen-bond donors (Lipinski definition) is 2. The molecular weight excluding hydrogens is 290 g/mol. The van der Waals surface area contributed by atoms with E-state index in [9.17, 15) is 9.59 Å². The number of hydrogen-bond acceptors (Lipinski definition) is 3. The van der Waals surface area contributed by atoms with E-state index in [-0.39, 0.29) is 17.9 Å². The van der Waals surface area contributed by atoms with Crippen molar-refractivity contribution < 1.29 is 9.59 Å². The summed E-state index contributed by atoms with van der Waals surface area (Å²) in [5, 5.41) is 5.73. The molecule has 1 aliphatic rings. The highest BCUT2D eigenvalue weighted by Gasteiger charge is 2.21. The average Bonchev–Trinajstić information content (AvgIpc) is 3.01. The standard InChI is InChI=1S/C18H27N3O2/c1-13(2)19-18(23)14-8-10-15(11-9-14)20-17(22)12-21(3)16-6-4-5-7-16/h8-11,13,16H,4-7,12H2,1-3H3,(H,19,23)(H,20,22). The summed E-state index contributed by atoms with van der Waals surface area (Å²) in [5.41, 5.74) is 1.32. The van der Waals surface area contributed by atoms with E-state index in [1.807, 2.05) is 20.9 Å². The van der Waals surface area contributed by atoms with Gasteiger partial charge in [-0.15, -0.1) is 0 Å². The van der Waals surface area contributed by atoms with Crippen molar-refractivity contribution in [3.63, 3.8) is 0 Å². The molecule has 2 amide bonds. The summed E-state index contributed by atoms with van der Waals surface area (Å²) >= 11 is 0. The van der Waals surface area contributed by atoms with Gasteiger partial charge in [-0.2, -0.15) is 0 Å². The Labute approximate surface area is 138 Å². The Morgan fingerprint density at radius 1 is 1.17 bits per heavy atom. The molecule has 0 spiro atoms. The summed E-state index contributed by atoms with van der Waals surface area (Å²) in [6.45, 7) is 4.25. The first-order valence-electron chi connectivity index (χ1n) is 8.36. The molecule has 1 fully saturated rings. The van der Waals surface area contributed by atoms with Crippen molar-refractivity contribution in [2.45, 2.75) is 51.6 Å². The molecule has 2 rings (SSSR count). The van der Waals surface area contributed by atoms with Gasteiger partial charge in [-0.25, -0.2) is 0 Å². The van der Waals surface area contributed by atoms with Gasteiger partial charge in [0.15, 0.2) is 0 Å². The number of carbonyl (C=O) groups is 2. The van der Waals surface area contributed by atoms with E-state index >= 15 is 0 Å². The number of likely N-dealkylation sites (N-methyl/N-ethyl adjacent to an activating group) is 1. The quantitative estimate of drug-likeness (QED) is 0.848. The lowest BCUT2D eigenvalue weighted by molar-refractivity contribution is -0.117. The molecule has 0 bridgehead atoms. The van der Waals surface area contributed by atoms with Crippen LogP contribution >= 0.6 is 0 Å². The zero-order valence-electron chi connectivity index (χ0n) is 14.3. The van der Waals surface area contributed by atoms with Crippen molar-refractivity contribution in [1.82, 2.24) is 10.2 Å². The molecule has 126 valence electrons. The van der Waals surface area contributed by atoms with Crippen molar-refractivity contribution in [2.75, 3.05) is 18.9 Å². The smallest absolute Gasteiger partial charge is 0.251 e. The second-order valence-corrected chi connectivity index (χ2v) is 6.61. The number of anilines is 1. The number of nitrogens with one attached hydrogen (secondary N) is 2. The van der Waals surface area contributed by atoms with Gasteiger partial charge in [0, 0.05) is 23.3 Å². The van der Waals surface area contributed by atoms with Crippen LogP contribution in [0.25, 0.3) is 0 Å². The second-order valence-electron chi connectivity index (χ2n) is 6.61. The predicted octanol–water partition coefficient (Wildman–Crippen LogP) is 2.64. The van der Waals surface area contributed by atoms with Crippen molar-refractivity contribution in [2.24, 2.45) is 0 Å². The van der Waals surface area contributed by atoms with E-state index in [0.717, 1.165) is 5.69 Å². The van der Waals surface area contributed by atoms with Gasteiger partial charge >= 0.3 is 0 Å². The van der Waals surface area contributed by atoms with E-state index in [1.54, 1.807) is 24.3 Å². The monoisotopic (exact) mass is 317 g/mol. The molecule has 1 saturated carbocycles. The van der Waals surface area contributed by atoms with Crippen molar-refractivity contribution in [3.05, 3.63) is 29.8 Å². The molecule has 1 aliphatic carbocycles. The molecule has 0 heterocycles. The lowest BCUT2D eigenvalue weighted by atomic mass is 10.2. The third-order valence-corrected chi connectivity index (χ3v) is 4.19. The summed E-state index contributed by atoms with van der Waals surface area (Å²) in [6.07, 6.45) is 4.89. The van der Waals surface area contributed by atoms with Crippen LogP contribution in [-0.4, -0.2) is 42.4 Å².